The van der Waals surface area contributed by atoms with Crippen molar-refractivity contribution in [3.63, 3.8) is 0 Å². The number of morpholine rings is 2. The summed E-state index contributed by atoms with van der Waals surface area (Å²) in [6, 6.07) is -0.876. The SMILES string of the molecule is CC(C)(C)OC(=O)N[C@@H]1CCN(C(=O)C2=CN3C4CCC5CCCCC5C4OC4C(N5CCOCC5)C(F)CC(C2=O)C43)C1. The zero-order valence-corrected chi connectivity index (χ0v) is 26.4. The predicted molar refractivity (Wildman–Crippen MR) is 159 cm³/mol. The van der Waals surface area contributed by atoms with Crippen LogP contribution in [0.1, 0.15) is 72.1 Å². The van der Waals surface area contributed by atoms with Crippen LogP contribution in [0.25, 0.3) is 0 Å². The van der Waals surface area contributed by atoms with Gasteiger partial charge >= 0.3 is 6.09 Å². The highest BCUT2D eigenvalue weighted by molar-refractivity contribution is 6.20. The van der Waals surface area contributed by atoms with Crippen molar-refractivity contribution >= 4 is 17.8 Å². The lowest BCUT2D eigenvalue weighted by Gasteiger charge is -2.62. The Morgan fingerprint density at radius 2 is 1.77 bits per heavy atom. The van der Waals surface area contributed by atoms with E-state index < -0.39 is 35.9 Å². The number of rotatable bonds is 3. The monoisotopic (exact) mass is 616 g/mol. The van der Waals surface area contributed by atoms with Gasteiger partial charge in [0.1, 0.15) is 11.8 Å². The van der Waals surface area contributed by atoms with Crippen LogP contribution in [-0.4, -0.2) is 120 Å². The molecule has 10 nitrogen and oxygen atoms in total. The van der Waals surface area contributed by atoms with E-state index in [4.69, 9.17) is 14.2 Å². The van der Waals surface area contributed by atoms with Crippen LogP contribution in [0.15, 0.2) is 11.8 Å². The van der Waals surface area contributed by atoms with Crippen molar-refractivity contribution in [2.75, 3.05) is 39.4 Å². The molecule has 7 rings (SSSR count). The molecule has 0 aromatic heterocycles. The van der Waals surface area contributed by atoms with E-state index in [1.807, 2.05) is 27.0 Å². The number of alkyl carbamates (subject to hydrolysis) is 1. The van der Waals surface area contributed by atoms with Gasteiger partial charge in [-0.3, -0.25) is 14.5 Å². The van der Waals surface area contributed by atoms with E-state index in [-0.39, 0.29) is 47.9 Å². The number of ketones is 1. The highest BCUT2D eigenvalue weighted by Gasteiger charge is 2.61. The number of hydrogen-bond acceptors (Lipinski definition) is 8. The van der Waals surface area contributed by atoms with Crippen LogP contribution in [0.4, 0.5) is 9.18 Å². The second-order valence-corrected chi connectivity index (χ2v) is 15.1. The molecule has 9 unspecified atom stereocenters. The van der Waals surface area contributed by atoms with Gasteiger partial charge in [0.05, 0.1) is 55.2 Å². The molecule has 10 atom stereocenters. The molecule has 3 saturated carbocycles. The topological polar surface area (TPSA) is 101 Å². The molecule has 11 heteroatoms. The molecule has 7 aliphatic rings. The van der Waals surface area contributed by atoms with E-state index in [0.29, 0.717) is 57.6 Å². The maximum atomic E-state index is 16.3. The molecule has 3 saturated heterocycles. The molecule has 44 heavy (non-hydrogen) atoms. The summed E-state index contributed by atoms with van der Waals surface area (Å²) in [5, 5.41) is 2.87. The Hall–Kier alpha value is -2.24. The largest absolute Gasteiger partial charge is 0.444 e. The predicted octanol–water partition coefficient (Wildman–Crippen LogP) is 3.04. The first kappa shape index (κ1) is 30.4. The van der Waals surface area contributed by atoms with Crippen LogP contribution in [0, 0.1) is 17.8 Å². The van der Waals surface area contributed by atoms with Crippen molar-refractivity contribution < 1.29 is 33.0 Å². The summed E-state index contributed by atoms with van der Waals surface area (Å²) in [7, 11) is 0. The molecule has 4 aliphatic heterocycles. The van der Waals surface area contributed by atoms with E-state index in [9.17, 15) is 14.4 Å². The molecule has 244 valence electrons. The van der Waals surface area contributed by atoms with Gasteiger partial charge in [-0.25, -0.2) is 9.18 Å². The summed E-state index contributed by atoms with van der Waals surface area (Å²) < 4.78 is 34.4. The fraction of sp³-hybridized carbons (Fsp3) is 0.848. The quantitative estimate of drug-likeness (QED) is 0.484. The molecular formula is C33H49FN4O6. The number of amides is 2. The smallest absolute Gasteiger partial charge is 0.407 e. The minimum atomic E-state index is -1.23. The van der Waals surface area contributed by atoms with Gasteiger partial charge in [-0.15, -0.1) is 0 Å². The Labute approximate surface area is 260 Å². The summed E-state index contributed by atoms with van der Waals surface area (Å²) in [4.78, 5) is 46.6. The summed E-state index contributed by atoms with van der Waals surface area (Å²) >= 11 is 0. The third-order valence-electron chi connectivity index (χ3n) is 11.4. The molecule has 3 aliphatic carbocycles. The Balaban J connectivity index is 1.17. The van der Waals surface area contributed by atoms with Crippen LogP contribution in [-0.2, 0) is 23.8 Å². The van der Waals surface area contributed by atoms with E-state index in [0.717, 1.165) is 19.3 Å². The molecule has 1 N–H and O–H groups in total. The number of carbonyl (C=O) groups excluding carboxylic acids is 3. The second kappa shape index (κ2) is 11.8. The summed E-state index contributed by atoms with van der Waals surface area (Å²) in [5.41, 5.74) is -0.459. The average Bonchev–Trinajstić information content (AvgIpc) is 3.45. The van der Waals surface area contributed by atoms with Crippen LogP contribution in [0.3, 0.4) is 0 Å². The number of Topliss-reactive ketones (excluding diaryl/α,β-unsaturated/α-hetero) is 1. The molecule has 6 fully saturated rings. The first-order valence-corrected chi connectivity index (χ1v) is 17.0. The van der Waals surface area contributed by atoms with Gasteiger partial charge in [0, 0.05) is 38.3 Å². The third-order valence-corrected chi connectivity index (χ3v) is 11.4. The molecule has 0 aromatic rings. The molecule has 0 radical (unpaired) electrons. The minimum Gasteiger partial charge on any atom is -0.444 e. The fourth-order valence-corrected chi connectivity index (χ4v) is 9.51. The van der Waals surface area contributed by atoms with E-state index in [1.165, 1.54) is 19.3 Å². The lowest BCUT2D eigenvalue weighted by molar-refractivity contribution is -0.235. The van der Waals surface area contributed by atoms with Crippen molar-refractivity contribution in [1.82, 2.24) is 20.0 Å². The Morgan fingerprint density at radius 3 is 2.55 bits per heavy atom. The second-order valence-electron chi connectivity index (χ2n) is 15.1. The summed E-state index contributed by atoms with van der Waals surface area (Å²) in [6.45, 7) is 8.62. The summed E-state index contributed by atoms with van der Waals surface area (Å²) in [5.74, 6) is -0.158. The first-order chi connectivity index (χ1) is 21.1. The van der Waals surface area contributed by atoms with Gasteiger partial charge < -0.3 is 29.3 Å². The first-order valence-electron chi connectivity index (χ1n) is 17.0. The number of ether oxygens (including phenoxy) is 3. The maximum Gasteiger partial charge on any atom is 0.407 e. The minimum absolute atomic E-state index is 0.0280. The van der Waals surface area contributed by atoms with Gasteiger partial charge in [0.2, 0.25) is 0 Å². The zero-order chi connectivity index (χ0) is 30.7. The molecule has 2 amide bonds. The molecule has 0 bridgehead atoms. The number of hydrogen-bond donors (Lipinski definition) is 1. The Morgan fingerprint density at radius 1 is 1.00 bits per heavy atom. The number of alkyl halides is 1. The number of nitrogens with zero attached hydrogens (tertiary/aromatic N) is 3. The fourth-order valence-electron chi connectivity index (χ4n) is 9.51. The number of nitrogens with one attached hydrogen (secondary N) is 1. The van der Waals surface area contributed by atoms with Crippen molar-refractivity contribution in [3.05, 3.63) is 11.8 Å². The number of likely N-dealkylation sites (tertiary alicyclic amines) is 1. The van der Waals surface area contributed by atoms with Gasteiger partial charge in [-0.1, -0.05) is 19.3 Å². The van der Waals surface area contributed by atoms with Gasteiger partial charge in [0.15, 0.2) is 5.78 Å². The van der Waals surface area contributed by atoms with E-state index in [2.05, 4.69) is 15.1 Å². The molecule has 4 heterocycles. The average molecular weight is 617 g/mol. The van der Waals surface area contributed by atoms with Gasteiger partial charge in [-0.05, 0) is 64.7 Å². The summed E-state index contributed by atoms with van der Waals surface area (Å²) in [6.07, 6.45) is 7.19. The highest BCUT2D eigenvalue weighted by Crippen LogP contribution is 2.51. The molecular weight excluding hydrogens is 567 g/mol. The van der Waals surface area contributed by atoms with Crippen LogP contribution < -0.4 is 5.32 Å². The van der Waals surface area contributed by atoms with Crippen molar-refractivity contribution in [3.8, 4) is 0 Å². The van der Waals surface area contributed by atoms with Crippen molar-refractivity contribution in [1.29, 1.82) is 0 Å². The Kier molecular flexibility index (Phi) is 8.19. The normalized spacial score (nSPS) is 40.8. The number of halogens is 1. The van der Waals surface area contributed by atoms with Gasteiger partial charge in [-0.2, -0.15) is 0 Å². The number of fused-ring (bicyclic) bond motifs is 4. The maximum absolute atomic E-state index is 16.3. The molecule has 0 spiro atoms. The van der Waals surface area contributed by atoms with Crippen molar-refractivity contribution in [2.24, 2.45) is 17.8 Å². The van der Waals surface area contributed by atoms with E-state index in [1.54, 1.807) is 4.90 Å². The number of carbonyl (C=O) groups is 3. The van der Waals surface area contributed by atoms with Crippen LogP contribution >= 0.6 is 0 Å². The van der Waals surface area contributed by atoms with Crippen molar-refractivity contribution in [2.45, 2.75) is 120 Å². The zero-order valence-electron chi connectivity index (χ0n) is 26.4. The standard InChI is InChI=1S/C33H49FN4O6/c1-33(2,3)44-32(41)35-20-10-11-37(17-20)31(40)23-18-38-25-9-8-19-6-4-5-7-21(19)29(25)43-30-26(38)22(28(23)39)16-24(34)27(30)36-12-14-42-15-13-36/h18-22,24-27,29-30H,4-17H2,1-3H3,(H,35,41)/t19?,20-,21?,22?,24?,25?,26?,27?,29?,30?/m1/s1. The van der Waals surface area contributed by atoms with Crippen LogP contribution in [0.5, 0.6) is 0 Å². The Bertz CT molecular complexity index is 1170. The van der Waals surface area contributed by atoms with E-state index >= 15 is 4.39 Å². The molecule has 0 aromatic carbocycles. The van der Waals surface area contributed by atoms with Crippen LogP contribution in [0.2, 0.25) is 0 Å². The highest BCUT2D eigenvalue weighted by atomic mass is 19.1. The lowest BCUT2D eigenvalue weighted by atomic mass is 9.64. The van der Waals surface area contributed by atoms with Gasteiger partial charge in [0.25, 0.3) is 5.91 Å². The lowest BCUT2D eigenvalue weighted by Crippen LogP contribution is -2.74. The third kappa shape index (κ3) is 5.55.